The number of carbonyl (C=O) groups excluding carboxylic acids is 1. The Morgan fingerprint density at radius 3 is 3.09 bits per heavy atom. The molecule has 0 atom stereocenters. The van der Waals surface area contributed by atoms with E-state index in [1.807, 2.05) is 32.0 Å². The van der Waals surface area contributed by atoms with Gasteiger partial charge >= 0.3 is 0 Å². The lowest BCUT2D eigenvalue weighted by Gasteiger charge is -2.07. The van der Waals surface area contributed by atoms with Gasteiger partial charge in [0.2, 0.25) is 0 Å². The highest BCUT2D eigenvalue weighted by Gasteiger charge is 2.13. The van der Waals surface area contributed by atoms with E-state index in [4.69, 9.17) is 9.26 Å². The van der Waals surface area contributed by atoms with Gasteiger partial charge in [0.25, 0.3) is 5.91 Å². The van der Waals surface area contributed by atoms with E-state index in [9.17, 15) is 4.79 Å². The third-order valence-electron chi connectivity index (χ3n) is 3.31. The topological polar surface area (TPSA) is 93.0 Å². The molecule has 7 nitrogen and oxygen atoms in total. The fourth-order valence-electron chi connectivity index (χ4n) is 2.16. The number of nitrogens with one attached hydrogen (secondary N) is 2. The molecule has 1 amide bonds. The Hall–Kier alpha value is -2.67. The van der Waals surface area contributed by atoms with Gasteiger partial charge in [0.05, 0.1) is 24.4 Å². The minimum Gasteiger partial charge on any atom is -0.377 e. The minimum absolute atomic E-state index is 0.142. The van der Waals surface area contributed by atoms with Crippen LogP contribution in [0, 0.1) is 0 Å². The van der Waals surface area contributed by atoms with Crippen LogP contribution in [0.3, 0.4) is 0 Å². The summed E-state index contributed by atoms with van der Waals surface area (Å²) in [5, 5.41) is 14.4. The fourth-order valence-corrected chi connectivity index (χ4v) is 2.16. The third kappa shape index (κ3) is 3.57. The zero-order valence-electron chi connectivity index (χ0n) is 13.0. The van der Waals surface area contributed by atoms with Crippen LogP contribution in [0.15, 0.2) is 35.0 Å². The molecule has 0 fully saturated rings. The summed E-state index contributed by atoms with van der Waals surface area (Å²) < 4.78 is 10.6. The largest absolute Gasteiger partial charge is 0.377 e. The fraction of sp³-hybridized carbons (Fsp3) is 0.312. The van der Waals surface area contributed by atoms with Crippen molar-refractivity contribution in [1.82, 2.24) is 20.7 Å². The number of nitrogens with zero attached hydrogens (tertiary/aromatic N) is 2. The number of aromatic amines is 1. The second-order valence-corrected chi connectivity index (χ2v) is 5.42. The van der Waals surface area contributed by atoms with Gasteiger partial charge in [-0.25, -0.2) is 0 Å². The molecule has 0 aliphatic carbocycles. The van der Waals surface area contributed by atoms with Crippen LogP contribution in [-0.4, -0.2) is 40.5 Å². The molecule has 0 spiro atoms. The molecule has 2 heterocycles. The van der Waals surface area contributed by atoms with Gasteiger partial charge < -0.3 is 14.6 Å². The van der Waals surface area contributed by atoms with Crippen LogP contribution >= 0.6 is 0 Å². The van der Waals surface area contributed by atoms with Crippen LogP contribution in [0.5, 0.6) is 0 Å². The molecule has 0 saturated carbocycles. The standard InChI is InChI=1S/C16H18N4O3/c1-10(2)22-6-5-17-16(21)14-8-15(23-20-14)11-3-4-13-12(7-11)9-18-19-13/h3-4,7-10H,5-6H2,1-2H3,(H,17,21)(H,18,19). The summed E-state index contributed by atoms with van der Waals surface area (Å²) in [4.78, 5) is 12.0. The van der Waals surface area contributed by atoms with Crippen LogP contribution in [0.4, 0.5) is 0 Å². The number of hydrogen-bond acceptors (Lipinski definition) is 5. The Labute approximate surface area is 133 Å². The molecule has 0 unspecified atom stereocenters. The lowest BCUT2D eigenvalue weighted by atomic mass is 10.1. The third-order valence-corrected chi connectivity index (χ3v) is 3.31. The first-order valence-corrected chi connectivity index (χ1v) is 7.43. The summed E-state index contributed by atoms with van der Waals surface area (Å²) in [5.74, 6) is 0.258. The van der Waals surface area contributed by atoms with Crippen molar-refractivity contribution in [2.75, 3.05) is 13.2 Å². The smallest absolute Gasteiger partial charge is 0.273 e. The van der Waals surface area contributed by atoms with Crippen molar-refractivity contribution in [2.45, 2.75) is 20.0 Å². The number of rotatable bonds is 6. The summed E-state index contributed by atoms with van der Waals surface area (Å²) in [6, 6.07) is 7.35. The molecule has 0 aliphatic heterocycles. The molecular weight excluding hydrogens is 296 g/mol. The van der Waals surface area contributed by atoms with Crippen molar-refractivity contribution in [3.63, 3.8) is 0 Å². The van der Waals surface area contributed by atoms with E-state index in [0.29, 0.717) is 18.9 Å². The Morgan fingerprint density at radius 2 is 2.26 bits per heavy atom. The SMILES string of the molecule is CC(C)OCCNC(=O)c1cc(-c2ccc3[nH]ncc3c2)on1. The molecule has 23 heavy (non-hydrogen) atoms. The molecule has 0 bridgehead atoms. The van der Waals surface area contributed by atoms with E-state index in [-0.39, 0.29) is 17.7 Å². The number of carbonyl (C=O) groups is 1. The van der Waals surface area contributed by atoms with Crippen LogP contribution in [0.2, 0.25) is 0 Å². The number of amides is 1. The first kappa shape index (κ1) is 15.2. The molecule has 0 radical (unpaired) electrons. The summed E-state index contributed by atoms with van der Waals surface area (Å²) in [6.07, 6.45) is 1.88. The lowest BCUT2D eigenvalue weighted by Crippen LogP contribution is -2.28. The number of H-pyrrole nitrogens is 1. The zero-order chi connectivity index (χ0) is 16.2. The molecular formula is C16H18N4O3. The van der Waals surface area contributed by atoms with Crippen LogP contribution in [-0.2, 0) is 4.74 Å². The van der Waals surface area contributed by atoms with E-state index < -0.39 is 0 Å². The predicted molar refractivity (Wildman–Crippen MR) is 85.0 cm³/mol. The van der Waals surface area contributed by atoms with Crippen molar-refractivity contribution in [3.05, 3.63) is 36.2 Å². The van der Waals surface area contributed by atoms with Crippen molar-refractivity contribution < 1.29 is 14.1 Å². The summed E-state index contributed by atoms with van der Waals surface area (Å²) >= 11 is 0. The number of ether oxygens (including phenoxy) is 1. The second-order valence-electron chi connectivity index (χ2n) is 5.42. The Kier molecular flexibility index (Phi) is 4.38. The summed E-state index contributed by atoms with van der Waals surface area (Å²) in [7, 11) is 0. The molecule has 3 aromatic rings. The Bertz CT molecular complexity index is 806. The van der Waals surface area contributed by atoms with Crippen LogP contribution in [0.1, 0.15) is 24.3 Å². The zero-order valence-corrected chi connectivity index (χ0v) is 13.0. The molecule has 7 heteroatoms. The van der Waals surface area contributed by atoms with E-state index in [2.05, 4.69) is 20.7 Å². The van der Waals surface area contributed by atoms with Crippen molar-refractivity contribution >= 4 is 16.8 Å². The average molecular weight is 314 g/mol. The van der Waals surface area contributed by atoms with E-state index in [1.54, 1.807) is 12.3 Å². The van der Waals surface area contributed by atoms with Crippen LogP contribution < -0.4 is 5.32 Å². The average Bonchev–Trinajstić information content (AvgIpc) is 3.18. The van der Waals surface area contributed by atoms with Gasteiger partial charge in [-0.2, -0.15) is 5.10 Å². The quantitative estimate of drug-likeness (QED) is 0.681. The summed E-state index contributed by atoms with van der Waals surface area (Å²) in [6.45, 7) is 4.79. The van der Waals surface area contributed by atoms with Gasteiger partial charge in [-0.05, 0) is 32.0 Å². The van der Waals surface area contributed by atoms with Gasteiger partial charge in [-0.3, -0.25) is 9.89 Å². The molecule has 2 N–H and O–H groups in total. The van der Waals surface area contributed by atoms with Gasteiger partial charge in [-0.1, -0.05) is 5.16 Å². The molecule has 2 aromatic heterocycles. The van der Waals surface area contributed by atoms with Crippen molar-refractivity contribution in [2.24, 2.45) is 0 Å². The highest BCUT2D eigenvalue weighted by Crippen LogP contribution is 2.24. The molecule has 0 saturated heterocycles. The van der Waals surface area contributed by atoms with E-state index >= 15 is 0 Å². The maximum absolute atomic E-state index is 12.0. The monoisotopic (exact) mass is 314 g/mol. The highest BCUT2D eigenvalue weighted by molar-refractivity contribution is 5.93. The molecule has 120 valence electrons. The number of benzene rings is 1. The van der Waals surface area contributed by atoms with Crippen molar-refractivity contribution in [1.29, 1.82) is 0 Å². The number of aromatic nitrogens is 3. The molecule has 1 aromatic carbocycles. The van der Waals surface area contributed by atoms with Crippen molar-refractivity contribution in [3.8, 4) is 11.3 Å². The van der Waals surface area contributed by atoms with E-state index in [1.165, 1.54) is 0 Å². The first-order chi connectivity index (χ1) is 11.1. The van der Waals surface area contributed by atoms with Gasteiger partial charge in [0.15, 0.2) is 11.5 Å². The molecule has 3 rings (SSSR count). The first-order valence-electron chi connectivity index (χ1n) is 7.43. The normalized spacial score (nSPS) is 11.3. The molecule has 0 aliphatic rings. The maximum atomic E-state index is 12.0. The number of hydrogen-bond donors (Lipinski definition) is 2. The van der Waals surface area contributed by atoms with Gasteiger partial charge in [0, 0.05) is 23.6 Å². The number of fused-ring (bicyclic) bond motifs is 1. The van der Waals surface area contributed by atoms with Gasteiger partial charge in [-0.15, -0.1) is 0 Å². The maximum Gasteiger partial charge on any atom is 0.273 e. The highest BCUT2D eigenvalue weighted by atomic mass is 16.5. The minimum atomic E-state index is -0.281. The van der Waals surface area contributed by atoms with Crippen LogP contribution in [0.25, 0.3) is 22.2 Å². The summed E-state index contributed by atoms with van der Waals surface area (Å²) in [5.41, 5.74) is 2.03. The second kappa shape index (κ2) is 6.62. The van der Waals surface area contributed by atoms with Gasteiger partial charge in [0.1, 0.15) is 0 Å². The lowest BCUT2D eigenvalue weighted by molar-refractivity contribution is 0.0743. The van der Waals surface area contributed by atoms with E-state index in [0.717, 1.165) is 16.5 Å². The Balaban J connectivity index is 1.66. The predicted octanol–water partition coefficient (Wildman–Crippen LogP) is 2.37. The Morgan fingerprint density at radius 1 is 1.39 bits per heavy atom.